The minimum Gasteiger partial charge on any atom is -0.354 e. The molecule has 0 N–H and O–H groups in total. The summed E-state index contributed by atoms with van der Waals surface area (Å²) < 4.78 is 18.3. The molecule has 1 heterocycles. The Labute approximate surface area is 81.0 Å². The van der Waals surface area contributed by atoms with Crippen LogP contribution in [0, 0.1) is 6.92 Å². The summed E-state index contributed by atoms with van der Waals surface area (Å²) in [5, 5.41) is 4.96. The van der Waals surface area contributed by atoms with Crippen LogP contribution >= 0.6 is 0 Å². The van der Waals surface area contributed by atoms with E-state index in [0.29, 0.717) is 16.1 Å². The molecule has 0 atom stereocenters. The molecule has 0 aliphatic carbocycles. The maximum Gasteiger partial charge on any atom is 0.207 e. The van der Waals surface area contributed by atoms with E-state index in [2.05, 4.69) is 5.16 Å². The van der Waals surface area contributed by atoms with Crippen molar-refractivity contribution >= 4 is 16.8 Å². The van der Waals surface area contributed by atoms with Gasteiger partial charge in [-0.2, -0.15) is 5.12 Å². The Hall–Kier alpha value is -1.58. The van der Waals surface area contributed by atoms with Gasteiger partial charge in [0, 0.05) is 6.54 Å². The van der Waals surface area contributed by atoms with Gasteiger partial charge in [0.1, 0.15) is 0 Å². The molecule has 1 aromatic carbocycles. The lowest BCUT2D eigenvalue weighted by atomic mass is 10.2. The minimum atomic E-state index is 0.252. The van der Waals surface area contributed by atoms with Gasteiger partial charge < -0.3 is 4.52 Å². The predicted molar refractivity (Wildman–Crippen MR) is 52.9 cm³/mol. The fourth-order valence-corrected chi connectivity index (χ4v) is 1.36. The van der Waals surface area contributed by atoms with E-state index in [0.717, 1.165) is 5.56 Å². The monoisotopic (exact) mass is 194 g/mol. The van der Waals surface area contributed by atoms with Crippen LogP contribution < -0.4 is 5.12 Å². The van der Waals surface area contributed by atoms with E-state index in [1.807, 2.05) is 25.1 Å². The smallest absolute Gasteiger partial charge is 0.207 e. The highest BCUT2D eigenvalue weighted by Crippen LogP contribution is 2.26. The zero-order valence-corrected chi connectivity index (χ0v) is 8.12. The van der Waals surface area contributed by atoms with Crippen molar-refractivity contribution in [3.05, 3.63) is 23.8 Å². The molecule has 2 aromatic rings. The van der Waals surface area contributed by atoms with Crippen molar-refractivity contribution in [3.63, 3.8) is 0 Å². The van der Waals surface area contributed by atoms with E-state index in [4.69, 9.17) is 4.52 Å². The molecule has 0 bridgehead atoms. The second-order valence-electron chi connectivity index (χ2n) is 3.18. The highest BCUT2D eigenvalue weighted by Gasteiger charge is 2.13. The lowest BCUT2D eigenvalue weighted by Crippen LogP contribution is -2.10. The Morgan fingerprint density at radius 2 is 2.29 bits per heavy atom. The summed E-state index contributed by atoms with van der Waals surface area (Å²) in [6.07, 6.45) is 0. The van der Waals surface area contributed by atoms with Gasteiger partial charge in [0.05, 0.1) is 5.39 Å². The lowest BCUT2D eigenvalue weighted by Gasteiger charge is -2.05. The zero-order chi connectivity index (χ0) is 10.1. The summed E-state index contributed by atoms with van der Waals surface area (Å²) >= 11 is 0. The molecule has 14 heavy (non-hydrogen) atoms. The summed E-state index contributed by atoms with van der Waals surface area (Å²) in [4.78, 5) is 0. The Balaban J connectivity index is 2.58. The molecule has 1 aromatic heterocycles. The van der Waals surface area contributed by atoms with Gasteiger partial charge in [-0.1, -0.05) is 15.7 Å². The number of nitrogens with zero attached hydrogens (tertiary/aromatic N) is 2. The quantitative estimate of drug-likeness (QED) is 0.688. The number of aromatic nitrogens is 1. The number of hydrogen-bond acceptors (Lipinski definition) is 3. The van der Waals surface area contributed by atoms with Gasteiger partial charge in [-0.3, -0.25) is 0 Å². The molecule has 2 rings (SSSR count). The maximum absolute atomic E-state index is 13.2. The molecule has 0 aliphatic rings. The first-order valence-electron chi connectivity index (χ1n) is 4.51. The largest absolute Gasteiger partial charge is 0.354 e. The first-order chi connectivity index (χ1) is 6.72. The number of aryl methyl sites for hydroxylation is 1. The van der Waals surface area contributed by atoms with E-state index >= 15 is 0 Å². The fourth-order valence-electron chi connectivity index (χ4n) is 1.36. The van der Waals surface area contributed by atoms with Crippen LogP contribution in [0.5, 0.6) is 0 Å². The summed E-state index contributed by atoms with van der Waals surface area (Å²) in [7, 11) is 0. The SMILES string of the molecule is CCN(F)c1noc2cc(C)ccc12. The van der Waals surface area contributed by atoms with E-state index in [9.17, 15) is 4.48 Å². The van der Waals surface area contributed by atoms with Crippen molar-refractivity contribution < 1.29 is 9.00 Å². The number of hydrogen-bond donors (Lipinski definition) is 0. The summed E-state index contributed by atoms with van der Waals surface area (Å²) in [6, 6.07) is 5.57. The molecule has 0 saturated carbocycles. The third kappa shape index (κ3) is 1.32. The summed E-state index contributed by atoms with van der Waals surface area (Å²) in [5.41, 5.74) is 1.69. The normalized spacial score (nSPS) is 10.8. The molecule has 0 fully saturated rings. The van der Waals surface area contributed by atoms with Gasteiger partial charge in [0.2, 0.25) is 5.82 Å². The lowest BCUT2D eigenvalue weighted by molar-refractivity contribution is 0.405. The Morgan fingerprint density at radius 3 is 3.00 bits per heavy atom. The molecular weight excluding hydrogens is 183 g/mol. The molecular formula is C10H11FN2O. The fraction of sp³-hybridized carbons (Fsp3) is 0.300. The van der Waals surface area contributed by atoms with Crippen molar-refractivity contribution in [1.82, 2.24) is 5.16 Å². The molecule has 0 aliphatic heterocycles. The second-order valence-corrected chi connectivity index (χ2v) is 3.18. The van der Waals surface area contributed by atoms with Gasteiger partial charge in [-0.05, 0) is 31.5 Å². The van der Waals surface area contributed by atoms with Gasteiger partial charge in [-0.15, -0.1) is 0 Å². The van der Waals surface area contributed by atoms with Crippen molar-refractivity contribution in [2.24, 2.45) is 0 Å². The Kier molecular flexibility index (Phi) is 2.11. The molecule has 0 amide bonds. The van der Waals surface area contributed by atoms with Crippen LogP contribution in [-0.4, -0.2) is 11.7 Å². The Bertz CT molecular complexity index is 452. The van der Waals surface area contributed by atoms with Gasteiger partial charge in [-0.25, -0.2) is 0 Å². The van der Waals surface area contributed by atoms with Crippen LogP contribution in [0.1, 0.15) is 12.5 Å². The first-order valence-corrected chi connectivity index (χ1v) is 4.51. The van der Waals surface area contributed by atoms with Crippen LogP contribution in [0.25, 0.3) is 11.0 Å². The molecule has 0 spiro atoms. The number of benzene rings is 1. The van der Waals surface area contributed by atoms with Crippen LogP contribution in [-0.2, 0) is 0 Å². The number of halogens is 1. The van der Waals surface area contributed by atoms with Gasteiger partial charge in [0.25, 0.3) is 0 Å². The molecule has 0 radical (unpaired) electrons. The summed E-state index contributed by atoms with van der Waals surface area (Å²) in [6.45, 7) is 3.93. The average molecular weight is 194 g/mol. The van der Waals surface area contributed by atoms with Crippen molar-refractivity contribution in [2.45, 2.75) is 13.8 Å². The van der Waals surface area contributed by atoms with Crippen LogP contribution in [0.4, 0.5) is 10.3 Å². The van der Waals surface area contributed by atoms with E-state index in [1.165, 1.54) is 0 Å². The molecule has 74 valence electrons. The van der Waals surface area contributed by atoms with E-state index in [1.54, 1.807) is 6.92 Å². The third-order valence-electron chi connectivity index (χ3n) is 2.12. The number of fused-ring (bicyclic) bond motifs is 1. The highest BCUT2D eigenvalue weighted by molar-refractivity contribution is 5.88. The summed E-state index contributed by atoms with van der Waals surface area (Å²) in [5.74, 6) is 0.252. The number of anilines is 1. The van der Waals surface area contributed by atoms with E-state index < -0.39 is 0 Å². The number of rotatable bonds is 2. The molecule has 4 heteroatoms. The highest BCUT2D eigenvalue weighted by atomic mass is 19.2. The standard InChI is InChI=1S/C10H11FN2O/c1-3-13(11)10-8-5-4-7(2)6-9(8)14-12-10/h4-6H,3H2,1-2H3. The van der Waals surface area contributed by atoms with Gasteiger partial charge in [0.15, 0.2) is 5.58 Å². The first kappa shape index (κ1) is 8.99. The molecule has 0 unspecified atom stereocenters. The minimum absolute atomic E-state index is 0.252. The van der Waals surface area contributed by atoms with Crippen molar-refractivity contribution in [2.75, 3.05) is 11.7 Å². The van der Waals surface area contributed by atoms with Crippen molar-refractivity contribution in [3.8, 4) is 0 Å². The second kappa shape index (κ2) is 3.29. The van der Waals surface area contributed by atoms with Crippen molar-refractivity contribution in [1.29, 1.82) is 0 Å². The molecule has 3 nitrogen and oxygen atoms in total. The topological polar surface area (TPSA) is 29.3 Å². The van der Waals surface area contributed by atoms with E-state index in [-0.39, 0.29) is 12.4 Å². The van der Waals surface area contributed by atoms with Crippen LogP contribution in [0.2, 0.25) is 0 Å². The van der Waals surface area contributed by atoms with Crippen LogP contribution in [0.3, 0.4) is 0 Å². The maximum atomic E-state index is 13.2. The van der Waals surface area contributed by atoms with Gasteiger partial charge >= 0.3 is 0 Å². The average Bonchev–Trinajstić information content (AvgIpc) is 2.59. The Morgan fingerprint density at radius 1 is 1.50 bits per heavy atom. The predicted octanol–water partition coefficient (Wildman–Crippen LogP) is 2.85. The molecule has 0 saturated heterocycles. The van der Waals surface area contributed by atoms with Crippen LogP contribution in [0.15, 0.2) is 22.7 Å². The third-order valence-corrected chi connectivity index (χ3v) is 2.12. The zero-order valence-electron chi connectivity index (χ0n) is 8.12.